The van der Waals surface area contributed by atoms with Crippen LogP contribution in [0.1, 0.15) is 20.9 Å². The van der Waals surface area contributed by atoms with Gasteiger partial charge in [-0.3, -0.25) is 9.69 Å². The van der Waals surface area contributed by atoms with Gasteiger partial charge in [-0.25, -0.2) is 0 Å². The summed E-state index contributed by atoms with van der Waals surface area (Å²) in [6.45, 7) is 6.08. The van der Waals surface area contributed by atoms with E-state index in [1.165, 1.54) is 4.88 Å². The molecule has 1 fully saturated rings. The van der Waals surface area contributed by atoms with Gasteiger partial charge in [0, 0.05) is 9.75 Å². The third-order valence-electron chi connectivity index (χ3n) is 3.74. The van der Waals surface area contributed by atoms with E-state index in [-0.39, 0.29) is 5.91 Å². The van der Waals surface area contributed by atoms with Crippen LogP contribution in [0.25, 0.3) is 6.08 Å². The van der Waals surface area contributed by atoms with Gasteiger partial charge in [-0.1, -0.05) is 12.1 Å². The van der Waals surface area contributed by atoms with Crippen LogP contribution in [0, 0.1) is 20.8 Å². The van der Waals surface area contributed by atoms with E-state index < -0.39 is 0 Å². The van der Waals surface area contributed by atoms with Crippen molar-refractivity contribution in [3.8, 4) is 0 Å². The molecule has 0 atom stereocenters. The summed E-state index contributed by atoms with van der Waals surface area (Å²) < 4.78 is 0. The summed E-state index contributed by atoms with van der Waals surface area (Å²) in [6.07, 6.45) is 1.86. The normalized spacial score (nSPS) is 16.5. The lowest BCUT2D eigenvalue weighted by molar-refractivity contribution is -0.113. The molecule has 3 rings (SSSR count). The molecular formula is C17H16N2OS2. The van der Waals surface area contributed by atoms with E-state index in [0.717, 1.165) is 21.7 Å². The molecule has 5 heteroatoms. The first-order valence-electron chi connectivity index (χ1n) is 6.97. The average Bonchev–Trinajstić information content (AvgIpc) is 2.99. The molecule has 0 bridgehead atoms. The number of thiophene rings is 1. The number of nitrogens with one attached hydrogen (secondary N) is 1. The molecule has 3 nitrogen and oxygen atoms in total. The second-order valence-electron chi connectivity index (χ2n) is 5.30. The summed E-state index contributed by atoms with van der Waals surface area (Å²) in [5.41, 5.74) is 3.56. The monoisotopic (exact) mass is 328 g/mol. The summed E-state index contributed by atoms with van der Waals surface area (Å²) >= 11 is 7.01. The number of carbonyl (C=O) groups is 1. The maximum Gasteiger partial charge on any atom is 0.281 e. The molecule has 112 valence electrons. The molecule has 1 aliphatic rings. The molecule has 2 heterocycles. The maximum absolute atomic E-state index is 12.7. The largest absolute Gasteiger partial charge is 0.327 e. The lowest BCUT2D eigenvalue weighted by atomic mass is 10.1. The zero-order valence-electron chi connectivity index (χ0n) is 12.6. The summed E-state index contributed by atoms with van der Waals surface area (Å²) in [5, 5.41) is 3.46. The van der Waals surface area contributed by atoms with E-state index in [4.69, 9.17) is 12.2 Å². The van der Waals surface area contributed by atoms with Gasteiger partial charge in [-0.05, 0) is 68.4 Å². The van der Waals surface area contributed by atoms with E-state index in [0.29, 0.717) is 10.8 Å². The Bertz CT molecular complexity index is 805. The highest BCUT2D eigenvalue weighted by Gasteiger charge is 2.32. The standard InChI is InChI=1S/C17H16N2OS2/c1-10-5-4-6-15(12(10)3)19-16(20)14(18-17(19)21)9-13-8-7-11(2)22-13/h4-9H,1-3H3,(H,18,21)/b14-9+. The Kier molecular flexibility index (Phi) is 3.85. The van der Waals surface area contributed by atoms with Gasteiger partial charge in [0.05, 0.1) is 5.69 Å². The molecule has 1 N–H and O–H groups in total. The fraction of sp³-hybridized carbons (Fsp3) is 0.176. The molecule has 0 unspecified atom stereocenters. The van der Waals surface area contributed by atoms with Gasteiger partial charge in [0.25, 0.3) is 5.91 Å². The molecule has 1 saturated heterocycles. The molecule has 1 aliphatic heterocycles. The number of hydrogen-bond acceptors (Lipinski definition) is 3. The second kappa shape index (κ2) is 5.66. The smallest absolute Gasteiger partial charge is 0.281 e. The van der Waals surface area contributed by atoms with Crippen LogP contribution in [0.2, 0.25) is 0 Å². The predicted octanol–water partition coefficient (Wildman–Crippen LogP) is 3.94. The zero-order chi connectivity index (χ0) is 15.9. The summed E-state index contributed by atoms with van der Waals surface area (Å²) in [7, 11) is 0. The van der Waals surface area contributed by atoms with Crippen molar-refractivity contribution < 1.29 is 4.79 Å². The first kappa shape index (κ1) is 14.9. The number of amides is 1. The van der Waals surface area contributed by atoms with Gasteiger partial charge in [-0.2, -0.15) is 0 Å². The Hall–Kier alpha value is -1.98. The van der Waals surface area contributed by atoms with Crippen molar-refractivity contribution in [1.82, 2.24) is 5.32 Å². The molecule has 0 saturated carbocycles. The first-order valence-corrected chi connectivity index (χ1v) is 8.19. The van der Waals surface area contributed by atoms with Gasteiger partial charge in [0.1, 0.15) is 5.70 Å². The highest BCUT2D eigenvalue weighted by molar-refractivity contribution is 7.80. The summed E-state index contributed by atoms with van der Waals surface area (Å²) in [4.78, 5) is 16.5. The Balaban J connectivity index is 1.98. The van der Waals surface area contributed by atoms with Crippen molar-refractivity contribution in [3.63, 3.8) is 0 Å². The van der Waals surface area contributed by atoms with Crippen LogP contribution >= 0.6 is 23.6 Å². The number of benzene rings is 1. The minimum atomic E-state index is -0.107. The van der Waals surface area contributed by atoms with Gasteiger partial charge in [0.2, 0.25) is 0 Å². The fourth-order valence-electron chi connectivity index (χ4n) is 2.40. The van der Waals surface area contributed by atoms with Crippen molar-refractivity contribution in [3.05, 3.63) is 56.9 Å². The molecule has 0 aliphatic carbocycles. The van der Waals surface area contributed by atoms with Crippen LogP contribution in [-0.2, 0) is 4.79 Å². The fourth-order valence-corrected chi connectivity index (χ4v) is 3.52. The topological polar surface area (TPSA) is 32.3 Å². The number of carbonyl (C=O) groups excluding carboxylic acids is 1. The van der Waals surface area contributed by atoms with Crippen molar-refractivity contribution in [2.45, 2.75) is 20.8 Å². The number of aryl methyl sites for hydroxylation is 2. The van der Waals surface area contributed by atoms with E-state index >= 15 is 0 Å². The van der Waals surface area contributed by atoms with Crippen molar-refractivity contribution in [2.24, 2.45) is 0 Å². The van der Waals surface area contributed by atoms with E-state index in [2.05, 4.69) is 5.32 Å². The van der Waals surface area contributed by atoms with Crippen LogP contribution in [0.4, 0.5) is 5.69 Å². The van der Waals surface area contributed by atoms with Crippen molar-refractivity contribution in [2.75, 3.05) is 4.90 Å². The summed E-state index contributed by atoms with van der Waals surface area (Å²) in [5.74, 6) is -0.107. The minimum absolute atomic E-state index is 0.107. The van der Waals surface area contributed by atoms with E-state index in [9.17, 15) is 4.79 Å². The maximum atomic E-state index is 12.7. The number of hydrogen-bond donors (Lipinski definition) is 1. The zero-order valence-corrected chi connectivity index (χ0v) is 14.3. The highest BCUT2D eigenvalue weighted by atomic mass is 32.1. The number of thiocarbonyl (C=S) groups is 1. The summed E-state index contributed by atoms with van der Waals surface area (Å²) in [6, 6.07) is 9.94. The molecule has 1 amide bonds. The van der Waals surface area contributed by atoms with Gasteiger partial charge in [0.15, 0.2) is 5.11 Å². The van der Waals surface area contributed by atoms with Crippen LogP contribution in [0.5, 0.6) is 0 Å². The molecule has 0 radical (unpaired) electrons. The lowest BCUT2D eigenvalue weighted by Crippen LogP contribution is -2.31. The van der Waals surface area contributed by atoms with Gasteiger partial charge >= 0.3 is 0 Å². The second-order valence-corrected chi connectivity index (χ2v) is 7.00. The Morgan fingerprint density at radius 1 is 1.18 bits per heavy atom. The van der Waals surface area contributed by atoms with Crippen LogP contribution in [-0.4, -0.2) is 11.0 Å². The highest BCUT2D eigenvalue weighted by Crippen LogP contribution is 2.28. The molecule has 1 aromatic carbocycles. The third-order valence-corrected chi connectivity index (χ3v) is 4.98. The van der Waals surface area contributed by atoms with E-state index in [1.54, 1.807) is 16.2 Å². The average molecular weight is 328 g/mol. The van der Waals surface area contributed by atoms with Crippen molar-refractivity contribution >= 4 is 46.3 Å². The Morgan fingerprint density at radius 3 is 2.64 bits per heavy atom. The number of nitrogens with zero attached hydrogens (tertiary/aromatic N) is 1. The van der Waals surface area contributed by atoms with Crippen LogP contribution in [0.15, 0.2) is 36.0 Å². The third kappa shape index (κ3) is 2.58. The molecular weight excluding hydrogens is 312 g/mol. The lowest BCUT2D eigenvalue weighted by Gasteiger charge is -2.17. The molecule has 1 aromatic heterocycles. The van der Waals surface area contributed by atoms with E-state index in [1.807, 2.05) is 57.2 Å². The first-order chi connectivity index (χ1) is 10.5. The number of anilines is 1. The Morgan fingerprint density at radius 2 is 1.95 bits per heavy atom. The SMILES string of the molecule is Cc1ccc(/C=C2/NC(=S)N(c3cccc(C)c3C)C2=O)s1. The minimum Gasteiger partial charge on any atom is -0.327 e. The quantitative estimate of drug-likeness (QED) is 0.669. The van der Waals surface area contributed by atoms with Crippen LogP contribution < -0.4 is 10.2 Å². The van der Waals surface area contributed by atoms with Gasteiger partial charge < -0.3 is 5.32 Å². The molecule has 2 aromatic rings. The molecule has 0 spiro atoms. The van der Waals surface area contributed by atoms with Crippen molar-refractivity contribution in [1.29, 1.82) is 0 Å². The predicted molar refractivity (Wildman–Crippen MR) is 96.2 cm³/mol. The number of rotatable bonds is 2. The van der Waals surface area contributed by atoms with Gasteiger partial charge in [-0.15, -0.1) is 11.3 Å². The Labute approximate surface area is 139 Å². The van der Waals surface area contributed by atoms with Crippen LogP contribution in [0.3, 0.4) is 0 Å². The molecule has 22 heavy (non-hydrogen) atoms.